The lowest BCUT2D eigenvalue weighted by Crippen LogP contribution is -2.05. The summed E-state index contributed by atoms with van der Waals surface area (Å²) >= 11 is 0. The fraction of sp³-hybridized carbons (Fsp3) is 0.167. The van der Waals surface area contributed by atoms with Crippen molar-refractivity contribution in [3.05, 3.63) is 46.4 Å². The van der Waals surface area contributed by atoms with E-state index in [1.54, 1.807) is 0 Å². The van der Waals surface area contributed by atoms with Crippen LogP contribution in [-0.4, -0.2) is 26.4 Å². The van der Waals surface area contributed by atoms with Gasteiger partial charge in [0.2, 0.25) is 11.2 Å². The molecule has 0 radical (unpaired) electrons. The van der Waals surface area contributed by atoms with Gasteiger partial charge in [0.05, 0.1) is 26.9 Å². The van der Waals surface area contributed by atoms with Gasteiger partial charge in [-0.3, -0.25) is 4.79 Å². The van der Waals surface area contributed by atoms with Crippen LogP contribution in [0.1, 0.15) is 0 Å². The average Bonchev–Trinajstić information content (AvgIpc) is 2.63. The van der Waals surface area contributed by atoms with Crippen LogP contribution >= 0.6 is 0 Å². The van der Waals surface area contributed by atoms with Crippen molar-refractivity contribution in [1.82, 2.24) is 0 Å². The van der Waals surface area contributed by atoms with E-state index in [9.17, 15) is 14.3 Å². The first-order chi connectivity index (χ1) is 12.0. The minimum atomic E-state index is -0.869. The van der Waals surface area contributed by atoms with Crippen LogP contribution in [0.5, 0.6) is 23.0 Å². The molecule has 1 N–H and O–H groups in total. The lowest BCUT2D eigenvalue weighted by atomic mass is 10.1. The molecule has 0 fully saturated rings. The molecule has 0 atom stereocenters. The zero-order chi connectivity index (χ0) is 18.1. The van der Waals surface area contributed by atoms with E-state index in [0.29, 0.717) is 11.5 Å². The van der Waals surface area contributed by atoms with Crippen LogP contribution in [0.3, 0.4) is 0 Å². The first kappa shape index (κ1) is 16.6. The highest BCUT2D eigenvalue weighted by atomic mass is 19.1. The number of aromatic hydroxyl groups is 1. The molecular formula is C18H15FO6. The van der Waals surface area contributed by atoms with Crippen molar-refractivity contribution in [3.63, 3.8) is 0 Å². The van der Waals surface area contributed by atoms with Crippen molar-refractivity contribution in [1.29, 1.82) is 0 Å². The molecule has 3 rings (SSSR count). The average molecular weight is 346 g/mol. The number of rotatable bonds is 4. The highest BCUT2D eigenvalue weighted by molar-refractivity contribution is 5.84. The Balaban J connectivity index is 2.37. The topological polar surface area (TPSA) is 78.1 Å². The van der Waals surface area contributed by atoms with Gasteiger partial charge in [0.1, 0.15) is 22.5 Å². The largest absolute Gasteiger partial charge is 0.502 e. The SMILES string of the molecule is COc1cc(OC)c(-c2oc3cccc(F)c3c(=O)c2O)cc1OC. The summed E-state index contributed by atoms with van der Waals surface area (Å²) in [6.07, 6.45) is 0. The Kier molecular flexibility index (Phi) is 4.22. The van der Waals surface area contributed by atoms with Crippen LogP contribution in [0, 0.1) is 5.82 Å². The molecule has 2 aromatic carbocycles. The number of fused-ring (bicyclic) bond motifs is 1. The molecule has 6 nitrogen and oxygen atoms in total. The zero-order valence-electron chi connectivity index (χ0n) is 13.8. The molecule has 0 bridgehead atoms. The summed E-state index contributed by atoms with van der Waals surface area (Å²) in [4.78, 5) is 12.4. The molecule has 25 heavy (non-hydrogen) atoms. The highest BCUT2D eigenvalue weighted by Crippen LogP contribution is 2.42. The van der Waals surface area contributed by atoms with Crippen LogP contribution < -0.4 is 19.6 Å². The number of halogens is 1. The molecule has 0 aliphatic heterocycles. The van der Waals surface area contributed by atoms with Gasteiger partial charge in [0.25, 0.3) is 0 Å². The van der Waals surface area contributed by atoms with Gasteiger partial charge in [0, 0.05) is 6.07 Å². The predicted octanol–water partition coefficient (Wildman–Crippen LogP) is 3.33. The molecular weight excluding hydrogens is 331 g/mol. The van der Waals surface area contributed by atoms with E-state index in [1.807, 2.05) is 0 Å². The lowest BCUT2D eigenvalue weighted by Gasteiger charge is -2.14. The molecule has 3 aromatic rings. The predicted molar refractivity (Wildman–Crippen MR) is 89.2 cm³/mol. The molecule has 1 heterocycles. The molecule has 0 saturated carbocycles. The third-order valence-electron chi connectivity index (χ3n) is 3.79. The Morgan fingerprint density at radius 3 is 2.28 bits per heavy atom. The molecule has 0 unspecified atom stereocenters. The van der Waals surface area contributed by atoms with Gasteiger partial charge in [-0.1, -0.05) is 6.07 Å². The summed E-state index contributed by atoms with van der Waals surface area (Å²) in [5, 5.41) is 9.97. The Bertz CT molecular complexity index is 1010. The molecule has 0 saturated heterocycles. The first-order valence-electron chi connectivity index (χ1n) is 7.26. The Morgan fingerprint density at radius 2 is 1.64 bits per heavy atom. The summed E-state index contributed by atoms with van der Waals surface area (Å²) in [5.41, 5.74) is -0.596. The summed E-state index contributed by atoms with van der Waals surface area (Å²) in [7, 11) is 4.33. The first-order valence-corrected chi connectivity index (χ1v) is 7.26. The minimum absolute atomic E-state index is 0.00892. The van der Waals surface area contributed by atoms with Crippen LogP contribution in [0.15, 0.2) is 39.5 Å². The Labute approximate surface area is 142 Å². The van der Waals surface area contributed by atoms with Gasteiger partial charge in [-0.25, -0.2) is 4.39 Å². The maximum absolute atomic E-state index is 13.9. The minimum Gasteiger partial charge on any atom is -0.502 e. The maximum atomic E-state index is 13.9. The number of ether oxygens (including phenoxy) is 3. The molecule has 1 aromatic heterocycles. The fourth-order valence-electron chi connectivity index (χ4n) is 2.58. The second-order valence-corrected chi connectivity index (χ2v) is 5.13. The third kappa shape index (κ3) is 2.63. The summed E-state index contributed by atoms with van der Waals surface area (Å²) in [6.45, 7) is 0. The van der Waals surface area contributed by atoms with E-state index in [2.05, 4.69) is 0 Å². The van der Waals surface area contributed by atoms with Crippen molar-refractivity contribution < 1.29 is 28.1 Å². The molecule has 0 spiro atoms. The summed E-state index contributed by atoms with van der Waals surface area (Å²) in [5.74, 6) is -0.611. The third-order valence-corrected chi connectivity index (χ3v) is 3.79. The standard InChI is InChI=1S/C18H15FO6/c1-22-12-8-14(24-3)13(23-2)7-9(12)18-17(21)16(20)15-10(19)5-4-6-11(15)25-18/h4-8,21H,1-3H3. The molecule has 0 aliphatic carbocycles. The van der Waals surface area contributed by atoms with Crippen molar-refractivity contribution in [2.45, 2.75) is 0 Å². The number of methoxy groups -OCH3 is 3. The quantitative estimate of drug-likeness (QED) is 0.781. The van der Waals surface area contributed by atoms with Crippen molar-refractivity contribution in [2.75, 3.05) is 21.3 Å². The van der Waals surface area contributed by atoms with Crippen LogP contribution in [0.2, 0.25) is 0 Å². The van der Waals surface area contributed by atoms with Crippen LogP contribution in [0.4, 0.5) is 4.39 Å². The number of benzene rings is 2. The van der Waals surface area contributed by atoms with Gasteiger partial charge >= 0.3 is 0 Å². The normalized spacial score (nSPS) is 10.7. The van der Waals surface area contributed by atoms with Crippen LogP contribution in [-0.2, 0) is 0 Å². The monoisotopic (exact) mass is 346 g/mol. The zero-order valence-corrected chi connectivity index (χ0v) is 13.8. The maximum Gasteiger partial charge on any atom is 0.238 e. The van der Waals surface area contributed by atoms with Crippen molar-refractivity contribution in [2.24, 2.45) is 0 Å². The smallest absolute Gasteiger partial charge is 0.238 e. The molecule has 0 amide bonds. The second-order valence-electron chi connectivity index (χ2n) is 5.13. The highest BCUT2D eigenvalue weighted by Gasteiger charge is 2.22. The van der Waals surface area contributed by atoms with E-state index in [-0.39, 0.29) is 28.0 Å². The Hall–Kier alpha value is -3.22. The van der Waals surface area contributed by atoms with Crippen molar-refractivity contribution in [3.8, 4) is 34.3 Å². The van der Waals surface area contributed by atoms with Gasteiger partial charge in [0.15, 0.2) is 17.3 Å². The summed E-state index contributed by atoms with van der Waals surface area (Å²) in [6, 6.07) is 7.00. The van der Waals surface area contributed by atoms with Gasteiger partial charge in [-0.05, 0) is 18.2 Å². The van der Waals surface area contributed by atoms with E-state index < -0.39 is 17.0 Å². The Morgan fingerprint density at radius 1 is 1.00 bits per heavy atom. The van der Waals surface area contributed by atoms with Gasteiger partial charge in [-0.15, -0.1) is 0 Å². The van der Waals surface area contributed by atoms with Gasteiger partial charge in [-0.2, -0.15) is 0 Å². The van der Waals surface area contributed by atoms with E-state index >= 15 is 0 Å². The van der Waals surface area contributed by atoms with E-state index in [4.69, 9.17) is 18.6 Å². The van der Waals surface area contributed by atoms with E-state index in [0.717, 1.165) is 6.07 Å². The second kappa shape index (κ2) is 6.35. The van der Waals surface area contributed by atoms with Gasteiger partial charge < -0.3 is 23.7 Å². The lowest BCUT2D eigenvalue weighted by molar-refractivity contribution is 0.349. The number of hydrogen-bond acceptors (Lipinski definition) is 6. The molecule has 130 valence electrons. The molecule has 0 aliphatic rings. The van der Waals surface area contributed by atoms with Crippen LogP contribution in [0.25, 0.3) is 22.3 Å². The van der Waals surface area contributed by atoms with Crippen molar-refractivity contribution >= 4 is 11.0 Å². The van der Waals surface area contributed by atoms with E-state index in [1.165, 1.54) is 45.6 Å². The fourth-order valence-corrected chi connectivity index (χ4v) is 2.58. The molecule has 7 heteroatoms. The number of hydrogen-bond donors (Lipinski definition) is 1. The summed E-state index contributed by atoms with van der Waals surface area (Å²) < 4.78 is 35.2.